The van der Waals surface area contributed by atoms with Gasteiger partial charge in [-0.05, 0) is 30.7 Å². The fourth-order valence-corrected chi connectivity index (χ4v) is 4.72. The highest BCUT2D eigenvalue weighted by molar-refractivity contribution is 6.10. The standard InChI is InChI=1S/C25H23N3O6/c1-14(12-29)27-11-21(30)28-22(9-15-6-7-19-20(8-15)33-13-32-19)34-24(23(28)25(27)31)17-10-26-18-5-3-2-4-16(17)18/h2-8,10,14,22,26,29H,9,11-13H2,1H3/t14-,22+/m1/s1. The average molecular weight is 461 g/mol. The summed E-state index contributed by atoms with van der Waals surface area (Å²) in [4.78, 5) is 33.0. The molecule has 3 aliphatic heterocycles. The molecule has 2 amide bonds. The Morgan fingerprint density at radius 2 is 1.97 bits per heavy atom. The first-order valence-corrected chi connectivity index (χ1v) is 11.1. The van der Waals surface area contributed by atoms with E-state index in [-0.39, 0.29) is 37.5 Å². The lowest BCUT2D eigenvalue weighted by molar-refractivity contribution is -0.151. The summed E-state index contributed by atoms with van der Waals surface area (Å²) in [6, 6.07) is 12.8. The normalized spacial score (nSPS) is 20.2. The largest absolute Gasteiger partial charge is 0.467 e. The molecule has 174 valence electrons. The number of carbonyl (C=O) groups excluding carboxylic acids is 2. The first-order valence-electron chi connectivity index (χ1n) is 11.1. The summed E-state index contributed by atoms with van der Waals surface area (Å²) >= 11 is 0. The van der Waals surface area contributed by atoms with E-state index in [9.17, 15) is 14.7 Å². The lowest BCUT2D eigenvalue weighted by Crippen LogP contribution is -2.56. The van der Waals surface area contributed by atoms with Crippen LogP contribution >= 0.6 is 0 Å². The van der Waals surface area contributed by atoms with Gasteiger partial charge in [0, 0.05) is 29.1 Å². The average Bonchev–Trinajstić information content (AvgIpc) is 3.57. The first-order chi connectivity index (χ1) is 16.5. The van der Waals surface area contributed by atoms with Crippen molar-refractivity contribution in [2.75, 3.05) is 19.9 Å². The number of aliphatic hydroxyl groups excluding tert-OH is 1. The number of para-hydroxylation sites is 1. The zero-order valence-corrected chi connectivity index (χ0v) is 18.5. The highest BCUT2D eigenvalue weighted by atomic mass is 16.7. The number of ether oxygens (including phenoxy) is 3. The van der Waals surface area contributed by atoms with Gasteiger partial charge in [-0.1, -0.05) is 24.3 Å². The molecule has 0 unspecified atom stereocenters. The minimum Gasteiger partial charge on any atom is -0.467 e. The summed E-state index contributed by atoms with van der Waals surface area (Å²) in [6.45, 7) is 1.53. The quantitative estimate of drug-likeness (QED) is 0.604. The number of aliphatic hydroxyl groups is 1. The van der Waals surface area contributed by atoms with Crippen LogP contribution in [0.2, 0.25) is 0 Å². The third-order valence-electron chi connectivity index (χ3n) is 6.51. The van der Waals surface area contributed by atoms with E-state index in [1.165, 1.54) is 9.80 Å². The molecule has 2 N–H and O–H groups in total. The van der Waals surface area contributed by atoms with Crippen LogP contribution in [-0.2, 0) is 20.7 Å². The fourth-order valence-electron chi connectivity index (χ4n) is 4.72. The number of benzene rings is 2. The third-order valence-corrected chi connectivity index (χ3v) is 6.51. The van der Waals surface area contributed by atoms with Crippen molar-refractivity contribution >= 4 is 28.5 Å². The van der Waals surface area contributed by atoms with Gasteiger partial charge >= 0.3 is 0 Å². The van der Waals surface area contributed by atoms with Crippen molar-refractivity contribution in [3.63, 3.8) is 0 Å². The smallest absolute Gasteiger partial charge is 0.275 e. The zero-order chi connectivity index (χ0) is 23.4. The maximum Gasteiger partial charge on any atom is 0.275 e. The van der Waals surface area contributed by atoms with Crippen LogP contribution in [-0.4, -0.2) is 63.9 Å². The number of amides is 2. The van der Waals surface area contributed by atoms with Gasteiger partial charge in [0.25, 0.3) is 5.91 Å². The van der Waals surface area contributed by atoms with Crippen LogP contribution in [0.5, 0.6) is 11.5 Å². The highest BCUT2D eigenvalue weighted by Gasteiger charge is 2.48. The Morgan fingerprint density at radius 3 is 2.82 bits per heavy atom. The number of aromatic amines is 1. The minimum absolute atomic E-state index is 0.119. The van der Waals surface area contributed by atoms with Gasteiger partial charge in [-0.2, -0.15) is 0 Å². The van der Waals surface area contributed by atoms with Gasteiger partial charge in [0.1, 0.15) is 6.54 Å². The van der Waals surface area contributed by atoms with Crippen LogP contribution in [0.1, 0.15) is 18.1 Å². The Morgan fingerprint density at radius 1 is 1.15 bits per heavy atom. The van der Waals surface area contributed by atoms with E-state index in [1.54, 1.807) is 13.1 Å². The second-order valence-corrected chi connectivity index (χ2v) is 8.62. The maximum atomic E-state index is 13.6. The van der Waals surface area contributed by atoms with Crippen molar-refractivity contribution in [2.24, 2.45) is 0 Å². The molecule has 6 rings (SSSR count). The Bertz CT molecular complexity index is 1350. The van der Waals surface area contributed by atoms with Crippen LogP contribution < -0.4 is 9.47 Å². The van der Waals surface area contributed by atoms with Crippen LogP contribution in [0, 0.1) is 0 Å². The van der Waals surface area contributed by atoms with Crippen LogP contribution in [0.25, 0.3) is 16.7 Å². The third kappa shape index (κ3) is 3.12. The van der Waals surface area contributed by atoms with E-state index < -0.39 is 12.3 Å². The van der Waals surface area contributed by atoms with Gasteiger partial charge in [-0.25, -0.2) is 0 Å². The molecule has 9 nitrogen and oxygen atoms in total. The van der Waals surface area contributed by atoms with Crippen molar-refractivity contribution < 1.29 is 28.9 Å². The molecular weight excluding hydrogens is 438 g/mol. The van der Waals surface area contributed by atoms with E-state index in [0.29, 0.717) is 29.2 Å². The molecule has 3 aromatic rings. The summed E-state index contributed by atoms with van der Waals surface area (Å²) < 4.78 is 17.2. The summed E-state index contributed by atoms with van der Waals surface area (Å²) in [7, 11) is 0. The zero-order valence-electron chi connectivity index (χ0n) is 18.5. The molecule has 3 aliphatic rings. The molecule has 0 aliphatic carbocycles. The maximum absolute atomic E-state index is 13.6. The number of nitrogens with zero attached hydrogens (tertiary/aromatic N) is 2. The number of hydrogen-bond donors (Lipinski definition) is 2. The predicted molar refractivity (Wildman–Crippen MR) is 121 cm³/mol. The van der Waals surface area contributed by atoms with Gasteiger partial charge in [0.15, 0.2) is 29.2 Å². The molecule has 34 heavy (non-hydrogen) atoms. The van der Waals surface area contributed by atoms with Crippen molar-refractivity contribution in [2.45, 2.75) is 25.6 Å². The second-order valence-electron chi connectivity index (χ2n) is 8.62. The molecule has 1 fully saturated rings. The van der Waals surface area contributed by atoms with Crippen molar-refractivity contribution in [1.29, 1.82) is 0 Å². The molecule has 2 atom stereocenters. The fraction of sp³-hybridized carbons (Fsp3) is 0.280. The number of carbonyl (C=O) groups is 2. The van der Waals surface area contributed by atoms with Crippen molar-refractivity contribution in [1.82, 2.24) is 14.8 Å². The molecule has 0 spiro atoms. The van der Waals surface area contributed by atoms with E-state index in [4.69, 9.17) is 14.2 Å². The van der Waals surface area contributed by atoms with Crippen LogP contribution in [0.4, 0.5) is 0 Å². The van der Waals surface area contributed by atoms with Crippen molar-refractivity contribution in [3.05, 3.63) is 65.5 Å². The Hall–Kier alpha value is -3.98. The second kappa shape index (κ2) is 7.81. The topological polar surface area (TPSA) is 104 Å². The summed E-state index contributed by atoms with van der Waals surface area (Å²) in [5, 5.41) is 10.5. The number of aromatic nitrogens is 1. The predicted octanol–water partition coefficient (Wildman–Crippen LogP) is 2.22. The lowest BCUT2D eigenvalue weighted by Gasteiger charge is -2.37. The highest BCUT2D eigenvalue weighted by Crippen LogP contribution is 2.41. The minimum atomic E-state index is -0.693. The van der Waals surface area contributed by atoms with Crippen LogP contribution in [0.3, 0.4) is 0 Å². The van der Waals surface area contributed by atoms with Crippen LogP contribution in [0.15, 0.2) is 54.4 Å². The monoisotopic (exact) mass is 461 g/mol. The van der Waals surface area contributed by atoms with Gasteiger partial charge in [-0.3, -0.25) is 14.5 Å². The van der Waals surface area contributed by atoms with E-state index >= 15 is 0 Å². The summed E-state index contributed by atoms with van der Waals surface area (Å²) in [5.41, 5.74) is 2.70. The molecule has 0 saturated carbocycles. The Labute approximate surface area is 195 Å². The van der Waals surface area contributed by atoms with Gasteiger partial charge < -0.3 is 29.2 Å². The first kappa shape index (κ1) is 20.6. The van der Waals surface area contributed by atoms with Gasteiger partial charge in [0.05, 0.1) is 12.6 Å². The summed E-state index contributed by atoms with van der Waals surface area (Å²) in [6.07, 6.45) is 1.46. The van der Waals surface area contributed by atoms with E-state index in [0.717, 1.165) is 16.5 Å². The summed E-state index contributed by atoms with van der Waals surface area (Å²) in [5.74, 6) is 1.08. The Balaban J connectivity index is 1.42. The number of nitrogens with one attached hydrogen (secondary N) is 1. The molecular formula is C25H23N3O6. The molecule has 0 radical (unpaired) electrons. The Kier molecular flexibility index (Phi) is 4.73. The molecule has 1 saturated heterocycles. The molecule has 2 aromatic carbocycles. The molecule has 1 aromatic heterocycles. The molecule has 9 heteroatoms. The van der Waals surface area contributed by atoms with E-state index in [1.807, 2.05) is 42.5 Å². The van der Waals surface area contributed by atoms with Gasteiger partial charge in [0.2, 0.25) is 12.7 Å². The number of piperazine rings is 1. The molecule has 0 bridgehead atoms. The number of H-pyrrole nitrogens is 1. The molecule has 4 heterocycles. The van der Waals surface area contributed by atoms with Gasteiger partial charge in [-0.15, -0.1) is 0 Å². The van der Waals surface area contributed by atoms with Crippen molar-refractivity contribution in [3.8, 4) is 11.5 Å². The number of fused-ring (bicyclic) bond motifs is 3. The SMILES string of the molecule is C[C@H](CO)N1CC(=O)N2C(=C(c3c[nH]c4ccccc34)O[C@H]2Cc2ccc3c(c2)OCO3)C1=O. The number of hydrogen-bond acceptors (Lipinski definition) is 6. The van der Waals surface area contributed by atoms with E-state index in [2.05, 4.69) is 4.98 Å². The number of rotatable bonds is 5. The lowest BCUT2D eigenvalue weighted by atomic mass is 10.1.